The monoisotopic (exact) mass is 522 g/mol. The molecule has 208 valence electrons. The highest BCUT2D eigenvalue weighted by atomic mass is 16.5. The quantitative estimate of drug-likeness (QED) is 0.381. The van der Waals surface area contributed by atoms with Crippen LogP contribution in [0.25, 0.3) is 0 Å². The Kier molecular flexibility index (Phi) is 10.5. The topological polar surface area (TPSA) is 83.1 Å². The van der Waals surface area contributed by atoms with Crippen molar-refractivity contribution in [2.45, 2.75) is 37.3 Å². The smallest absolute Gasteiger partial charge is 0.124 e. The summed E-state index contributed by atoms with van der Waals surface area (Å²) >= 11 is 0. The van der Waals surface area contributed by atoms with Crippen LogP contribution in [0.15, 0.2) is 58.7 Å². The minimum atomic E-state index is -0.362. The first-order chi connectivity index (χ1) is 17.9. The molecule has 9 nitrogen and oxygen atoms in total. The molecule has 9 heteroatoms. The van der Waals surface area contributed by atoms with Gasteiger partial charge in [0.1, 0.15) is 23.0 Å². The summed E-state index contributed by atoms with van der Waals surface area (Å²) in [5.41, 5.74) is 0.971. The van der Waals surface area contributed by atoms with Crippen molar-refractivity contribution in [2.24, 2.45) is 17.8 Å². The maximum Gasteiger partial charge on any atom is 0.124 e. The van der Waals surface area contributed by atoms with E-state index in [4.69, 9.17) is 42.6 Å². The summed E-state index contributed by atoms with van der Waals surface area (Å²) in [4.78, 5) is 0. The predicted octanol–water partition coefficient (Wildman–Crippen LogP) is 3.74. The van der Waals surface area contributed by atoms with Gasteiger partial charge in [-0.3, -0.25) is 0 Å². The highest BCUT2D eigenvalue weighted by Crippen LogP contribution is 2.49. The van der Waals surface area contributed by atoms with E-state index in [9.17, 15) is 0 Å². The molecule has 0 aromatic carbocycles. The zero-order chi connectivity index (χ0) is 27.1. The van der Waals surface area contributed by atoms with Gasteiger partial charge in [0.05, 0.1) is 71.6 Å². The lowest BCUT2D eigenvalue weighted by molar-refractivity contribution is -0.0776. The molecule has 0 aromatic rings. The highest BCUT2D eigenvalue weighted by Gasteiger charge is 2.51. The van der Waals surface area contributed by atoms with Crippen LogP contribution in [0, 0.1) is 17.8 Å². The molecule has 0 amide bonds. The summed E-state index contributed by atoms with van der Waals surface area (Å²) in [5.74, 6) is 3.00. The molecular weight excluding hydrogens is 480 g/mol. The molecule has 7 atom stereocenters. The van der Waals surface area contributed by atoms with E-state index in [0.717, 1.165) is 22.9 Å². The zero-order valence-electron chi connectivity index (χ0n) is 23.4. The summed E-state index contributed by atoms with van der Waals surface area (Å²) in [5, 5.41) is 0. The van der Waals surface area contributed by atoms with Crippen LogP contribution in [0.1, 0.15) is 12.8 Å². The van der Waals surface area contributed by atoms with Crippen molar-refractivity contribution < 1.29 is 42.6 Å². The Bertz CT molecular complexity index is 932. The van der Waals surface area contributed by atoms with Gasteiger partial charge in [-0.15, -0.1) is 0 Å². The number of ether oxygens (including phenoxy) is 9. The first-order valence-electron chi connectivity index (χ1n) is 12.3. The summed E-state index contributed by atoms with van der Waals surface area (Å²) in [6, 6.07) is 0. The Labute approximate surface area is 220 Å². The molecule has 3 aliphatic rings. The third kappa shape index (κ3) is 5.85. The van der Waals surface area contributed by atoms with E-state index in [1.54, 1.807) is 64.0 Å². The van der Waals surface area contributed by atoms with E-state index >= 15 is 0 Å². The molecule has 3 aliphatic carbocycles. The number of allylic oxidation sites excluding steroid dienone is 2. The van der Waals surface area contributed by atoms with Crippen molar-refractivity contribution in [3.05, 3.63) is 58.7 Å². The number of hydrogen-bond acceptors (Lipinski definition) is 9. The maximum atomic E-state index is 6.10. The fraction of sp³-hybridized carbons (Fsp3) is 0.643. The molecular formula is C28H42O9. The second-order valence-electron chi connectivity index (χ2n) is 9.14. The molecule has 0 aliphatic heterocycles. The van der Waals surface area contributed by atoms with Gasteiger partial charge in [0.25, 0.3) is 0 Å². The van der Waals surface area contributed by atoms with Gasteiger partial charge in [0.15, 0.2) is 0 Å². The predicted molar refractivity (Wildman–Crippen MR) is 137 cm³/mol. The van der Waals surface area contributed by atoms with Crippen LogP contribution < -0.4 is 0 Å². The van der Waals surface area contributed by atoms with Gasteiger partial charge in [-0.25, -0.2) is 0 Å². The minimum Gasteiger partial charge on any atom is -0.501 e. The first-order valence-corrected chi connectivity index (χ1v) is 12.3. The molecule has 3 rings (SSSR count). The van der Waals surface area contributed by atoms with Gasteiger partial charge in [0.2, 0.25) is 0 Å². The number of hydrogen-bond donors (Lipinski definition) is 0. The minimum absolute atomic E-state index is 0.164. The fourth-order valence-corrected chi connectivity index (χ4v) is 5.88. The average Bonchev–Trinajstić information content (AvgIpc) is 2.96. The van der Waals surface area contributed by atoms with Crippen LogP contribution in [-0.2, 0) is 42.6 Å². The molecule has 0 saturated heterocycles. The van der Waals surface area contributed by atoms with Crippen LogP contribution in [0.3, 0.4) is 0 Å². The average molecular weight is 523 g/mol. The van der Waals surface area contributed by atoms with Crippen molar-refractivity contribution in [1.29, 1.82) is 0 Å². The Hall–Kier alpha value is -2.46. The van der Waals surface area contributed by atoms with Crippen molar-refractivity contribution >= 4 is 0 Å². The number of methoxy groups -OCH3 is 9. The van der Waals surface area contributed by atoms with Crippen molar-refractivity contribution in [2.75, 3.05) is 64.0 Å². The lowest BCUT2D eigenvalue weighted by Crippen LogP contribution is -2.50. The van der Waals surface area contributed by atoms with Gasteiger partial charge in [-0.05, 0) is 12.2 Å². The molecule has 7 unspecified atom stereocenters. The molecule has 37 heavy (non-hydrogen) atoms. The lowest BCUT2D eigenvalue weighted by atomic mass is 9.64. The highest BCUT2D eigenvalue weighted by molar-refractivity contribution is 5.38. The molecule has 0 saturated carbocycles. The van der Waals surface area contributed by atoms with Gasteiger partial charge in [0, 0.05) is 70.8 Å². The van der Waals surface area contributed by atoms with Crippen molar-refractivity contribution in [3.8, 4) is 0 Å². The van der Waals surface area contributed by atoms with Crippen LogP contribution in [0.2, 0.25) is 0 Å². The Morgan fingerprint density at radius 1 is 0.649 bits per heavy atom. The third-order valence-corrected chi connectivity index (χ3v) is 7.67. The molecule has 0 N–H and O–H groups in total. The van der Waals surface area contributed by atoms with Crippen LogP contribution in [0.4, 0.5) is 0 Å². The van der Waals surface area contributed by atoms with E-state index in [1.165, 1.54) is 0 Å². The van der Waals surface area contributed by atoms with Crippen LogP contribution >= 0.6 is 0 Å². The molecule has 0 heterocycles. The van der Waals surface area contributed by atoms with Crippen molar-refractivity contribution in [3.63, 3.8) is 0 Å². The third-order valence-electron chi connectivity index (χ3n) is 7.67. The Balaban J connectivity index is 2.33. The van der Waals surface area contributed by atoms with E-state index in [-0.39, 0.29) is 42.2 Å². The van der Waals surface area contributed by atoms with Gasteiger partial charge >= 0.3 is 0 Å². The SMILES string of the molecule is COC1=CC(OC)C(C(C2=C(OC)C=C(OC)CC2OC)C2C(OC)C=C(OC)CC2OC)C(OC)=C1. The maximum absolute atomic E-state index is 6.10. The first kappa shape index (κ1) is 29.1. The number of rotatable bonds is 12. The van der Waals surface area contributed by atoms with E-state index < -0.39 is 0 Å². The molecule has 0 fully saturated rings. The molecule has 0 radical (unpaired) electrons. The standard InChI is InChI=1S/C28H42O9/c1-29-16-10-19(32-4)25(20(11-16)33-5)28(26-21(34-6)12-17(30-2)13-22(26)35-7)27-23(36-8)14-18(31-3)15-24(27)37-9/h10-12,14,19,21-22,24-26,28H,13,15H2,1-9H3. The van der Waals surface area contributed by atoms with Gasteiger partial charge in [-0.2, -0.15) is 0 Å². The lowest BCUT2D eigenvalue weighted by Gasteiger charge is -2.47. The van der Waals surface area contributed by atoms with E-state index in [1.807, 2.05) is 24.3 Å². The zero-order valence-corrected chi connectivity index (χ0v) is 23.4. The molecule has 0 bridgehead atoms. The van der Waals surface area contributed by atoms with Gasteiger partial charge in [-0.1, -0.05) is 0 Å². The summed E-state index contributed by atoms with van der Waals surface area (Å²) in [6.07, 6.45) is 7.76. The van der Waals surface area contributed by atoms with Crippen LogP contribution in [0.5, 0.6) is 0 Å². The van der Waals surface area contributed by atoms with Crippen LogP contribution in [-0.4, -0.2) is 88.4 Å². The molecule has 0 spiro atoms. The summed E-state index contributed by atoms with van der Waals surface area (Å²) in [7, 11) is 15.1. The Morgan fingerprint density at radius 2 is 1.35 bits per heavy atom. The normalized spacial score (nSPS) is 30.9. The second-order valence-corrected chi connectivity index (χ2v) is 9.14. The summed E-state index contributed by atoms with van der Waals surface area (Å²) < 4.78 is 53.0. The Morgan fingerprint density at radius 3 is 1.86 bits per heavy atom. The van der Waals surface area contributed by atoms with Gasteiger partial charge < -0.3 is 42.6 Å². The molecule has 0 aromatic heterocycles. The van der Waals surface area contributed by atoms with E-state index in [0.29, 0.717) is 24.4 Å². The van der Waals surface area contributed by atoms with E-state index in [2.05, 4.69) is 0 Å². The fourth-order valence-electron chi connectivity index (χ4n) is 5.88. The van der Waals surface area contributed by atoms with Crippen molar-refractivity contribution in [1.82, 2.24) is 0 Å². The largest absolute Gasteiger partial charge is 0.501 e. The summed E-state index contributed by atoms with van der Waals surface area (Å²) in [6.45, 7) is 0. The second kappa shape index (κ2) is 13.4.